The van der Waals surface area contributed by atoms with E-state index in [9.17, 15) is 0 Å². The van der Waals surface area contributed by atoms with Crippen LogP contribution >= 0.6 is 0 Å². The minimum Gasteiger partial charge on any atom is -0.378 e. The molecule has 1 aromatic rings. The van der Waals surface area contributed by atoms with Crippen LogP contribution in [0.2, 0.25) is 0 Å². The molecule has 1 aromatic heterocycles. The Kier molecular flexibility index (Phi) is 4.13. The van der Waals surface area contributed by atoms with E-state index >= 15 is 0 Å². The number of hydrogen-bond acceptors (Lipinski definition) is 3. The van der Waals surface area contributed by atoms with Crippen LogP contribution in [0.5, 0.6) is 0 Å². The standard InChI is InChI=1S/C16H27N3O/c1-4-15-12(6-8-20-15)10-19-14-5-7-17-9-13(14)18-16(19)11(2)3/h11-12,15,17H,4-10H2,1-3H3. The van der Waals surface area contributed by atoms with Gasteiger partial charge in [-0.2, -0.15) is 0 Å². The Morgan fingerprint density at radius 1 is 1.45 bits per heavy atom. The summed E-state index contributed by atoms with van der Waals surface area (Å²) in [7, 11) is 0. The van der Waals surface area contributed by atoms with Gasteiger partial charge in [0.15, 0.2) is 0 Å². The van der Waals surface area contributed by atoms with E-state index in [1.807, 2.05) is 0 Å². The minimum atomic E-state index is 0.440. The molecule has 3 heterocycles. The fraction of sp³-hybridized carbons (Fsp3) is 0.812. The maximum absolute atomic E-state index is 5.86. The van der Waals surface area contributed by atoms with E-state index in [4.69, 9.17) is 9.72 Å². The number of fused-ring (bicyclic) bond motifs is 1. The average Bonchev–Trinajstić information content (AvgIpc) is 3.04. The van der Waals surface area contributed by atoms with Gasteiger partial charge in [0.25, 0.3) is 0 Å². The Morgan fingerprint density at radius 2 is 2.30 bits per heavy atom. The van der Waals surface area contributed by atoms with Gasteiger partial charge in [-0.15, -0.1) is 0 Å². The van der Waals surface area contributed by atoms with Gasteiger partial charge >= 0.3 is 0 Å². The second kappa shape index (κ2) is 5.86. The van der Waals surface area contributed by atoms with E-state index in [1.54, 1.807) is 0 Å². The lowest BCUT2D eigenvalue weighted by atomic mass is 9.99. The van der Waals surface area contributed by atoms with Crippen molar-refractivity contribution < 1.29 is 4.74 Å². The van der Waals surface area contributed by atoms with Crippen LogP contribution in [-0.4, -0.2) is 28.8 Å². The van der Waals surface area contributed by atoms with Crippen molar-refractivity contribution in [2.75, 3.05) is 13.2 Å². The third-order valence-electron chi connectivity index (χ3n) is 4.70. The lowest BCUT2D eigenvalue weighted by molar-refractivity contribution is 0.0830. The maximum Gasteiger partial charge on any atom is 0.111 e. The number of imidazole rings is 1. The van der Waals surface area contributed by atoms with Crippen molar-refractivity contribution in [3.8, 4) is 0 Å². The Labute approximate surface area is 121 Å². The van der Waals surface area contributed by atoms with Crippen molar-refractivity contribution in [1.29, 1.82) is 0 Å². The summed E-state index contributed by atoms with van der Waals surface area (Å²) in [6, 6.07) is 0. The predicted molar refractivity (Wildman–Crippen MR) is 79.9 cm³/mol. The number of nitrogens with one attached hydrogen (secondary N) is 1. The average molecular weight is 277 g/mol. The molecule has 0 spiro atoms. The number of aromatic nitrogens is 2. The highest BCUT2D eigenvalue weighted by Gasteiger charge is 2.30. The zero-order valence-electron chi connectivity index (χ0n) is 13.0. The third-order valence-corrected chi connectivity index (χ3v) is 4.70. The highest BCUT2D eigenvalue weighted by molar-refractivity contribution is 5.22. The molecule has 4 nitrogen and oxygen atoms in total. The second-order valence-electron chi connectivity index (χ2n) is 6.42. The van der Waals surface area contributed by atoms with Crippen molar-refractivity contribution in [3.63, 3.8) is 0 Å². The van der Waals surface area contributed by atoms with Gasteiger partial charge in [-0.3, -0.25) is 0 Å². The van der Waals surface area contributed by atoms with E-state index in [0.29, 0.717) is 17.9 Å². The molecule has 2 aliphatic heterocycles. The lowest BCUT2D eigenvalue weighted by Crippen LogP contribution is -2.27. The lowest BCUT2D eigenvalue weighted by Gasteiger charge is -2.22. The zero-order chi connectivity index (χ0) is 14.1. The van der Waals surface area contributed by atoms with E-state index in [-0.39, 0.29) is 0 Å². The molecular weight excluding hydrogens is 250 g/mol. The largest absolute Gasteiger partial charge is 0.378 e. The highest BCUT2D eigenvalue weighted by atomic mass is 16.5. The smallest absolute Gasteiger partial charge is 0.111 e. The van der Waals surface area contributed by atoms with Crippen LogP contribution < -0.4 is 5.32 Å². The van der Waals surface area contributed by atoms with Gasteiger partial charge in [0, 0.05) is 50.2 Å². The molecule has 0 aliphatic carbocycles. The topological polar surface area (TPSA) is 39.1 Å². The number of rotatable bonds is 4. The van der Waals surface area contributed by atoms with Crippen LogP contribution in [0, 0.1) is 5.92 Å². The van der Waals surface area contributed by atoms with Gasteiger partial charge in [0.2, 0.25) is 0 Å². The predicted octanol–water partition coefficient (Wildman–Crippen LogP) is 2.47. The fourth-order valence-electron chi connectivity index (χ4n) is 3.62. The van der Waals surface area contributed by atoms with Crippen LogP contribution in [-0.2, 0) is 24.2 Å². The van der Waals surface area contributed by atoms with Crippen LogP contribution in [0.15, 0.2) is 0 Å². The SMILES string of the molecule is CCC1OCCC1Cn1c(C(C)C)nc2c1CCNC2. The second-order valence-corrected chi connectivity index (χ2v) is 6.42. The fourth-order valence-corrected chi connectivity index (χ4v) is 3.62. The van der Waals surface area contributed by atoms with E-state index < -0.39 is 0 Å². The monoisotopic (exact) mass is 277 g/mol. The normalized spacial score (nSPS) is 26.2. The first-order chi connectivity index (χ1) is 9.70. The van der Waals surface area contributed by atoms with Crippen LogP contribution in [0.3, 0.4) is 0 Å². The summed E-state index contributed by atoms with van der Waals surface area (Å²) in [4.78, 5) is 4.90. The molecule has 20 heavy (non-hydrogen) atoms. The first-order valence-electron chi connectivity index (χ1n) is 8.11. The molecule has 4 heteroatoms. The number of hydrogen-bond donors (Lipinski definition) is 1. The summed E-state index contributed by atoms with van der Waals surface area (Å²) in [6.07, 6.45) is 3.87. The molecule has 0 aromatic carbocycles. The van der Waals surface area contributed by atoms with Crippen LogP contribution in [0.1, 0.15) is 56.7 Å². The van der Waals surface area contributed by atoms with Crippen molar-refractivity contribution >= 4 is 0 Å². The van der Waals surface area contributed by atoms with Crippen LogP contribution in [0.4, 0.5) is 0 Å². The van der Waals surface area contributed by atoms with E-state index in [0.717, 1.165) is 39.1 Å². The molecule has 0 bridgehead atoms. The molecular formula is C16H27N3O. The molecule has 2 aliphatic rings. The summed E-state index contributed by atoms with van der Waals surface area (Å²) in [6.45, 7) is 10.8. The molecule has 1 fully saturated rings. The number of ether oxygens (including phenoxy) is 1. The first-order valence-corrected chi connectivity index (χ1v) is 8.11. The Morgan fingerprint density at radius 3 is 3.05 bits per heavy atom. The summed E-state index contributed by atoms with van der Waals surface area (Å²) in [5.74, 6) is 2.41. The quantitative estimate of drug-likeness (QED) is 0.919. The van der Waals surface area contributed by atoms with Gasteiger partial charge in [-0.05, 0) is 12.8 Å². The van der Waals surface area contributed by atoms with Gasteiger partial charge < -0.3 is 14.6 Å². The molecule has 1 saturated heterocycles. The Balaban J connectivity index is 1.89. The third kappa shape index (κ3) is 2.51. The van der Waals surface area contributed by atoms with Crippen molar-refractivity contribution in [2.24, 2.45) is 5.92 Å². The minimum absolute atomic E-state index is 0.440. The summed E-state index contributed by atoms with van der Waals surface area (Å²) >= 11 is 0. The van der Waals surface area contributed by atoms with E-state index in [2.05, 4.69) is 30.7 Å². The van der Waals surface area contributed by atoms with Crippen molar-refractivity contribution in [3.05, 3.63) is 17.2 Å². The number of nitrogens with zero attached hydrogens (tertiary/aromatic N) is 2. The summed E-state index contributed by atoms with van der Waals surface area (Å²) < 4.78 is 8.38. The molecule has 1 N–H and O–H groups in total. The van der Waals surface area contributed by atoms with Crippen LogP contribution in [0.25, 0.3) is 0 Å². The zero-order valence-corrected chi connectivity index (χ0v) is 13.0. The van der Waals surface area contributed by atoms with Gasteiger partial charge in [0.05, 0.1) is 11.8 Å². The molecule has 3 rings (SSSR count). The molecule has 2 atom stereocenters. The summed E-state index contributed by atoms with van der Waals surface area (Å²) in [5.41, 5.74) is 2.74. The van der Waals surface area contributed by atoms with Gasteiger partial charge in [-0.25, -0.2) is 4.98 Å². The van der Waals surface area contributed by atoms with Gasteiger partial charge in [-0.1, -0.05) is 20.8 Å². The van der Waals surface area contributed by atoms with E-state index in [1.165, 1.54) is 23.6 Å². The molecule has 2 unspecified atom stereocenters. The highest BCUT2D eigenvalue weighted by Crippen LogP contribution is 2.29. The molecule has 0 radical (unpaired) electrons. The summed E-state index contributed by atoms with van der Waals surface area (Å²) in [5, 5.41) is 3.43. The van der Waals surface area contributed by atoms with Crippen molar-refractivity contribution in [2.45, 2.75) is 65.1 Å². The Hall–Kier alpha value is -0.870. The van der Waals surface area contributed by atoms with Crippen molar-refractivity contribution in [1.82, 2.24) is 14.9 Å². The maximum atomic E-state index is 5.86. The molecule has 0 saturated carbocycles. The Bertz CT molecular complexity index is 467. The first kappa shape index (κ1) is 14.1. The van der Waals surface area contributed by atoms with Gasteiger partial charge in [0.1, 0.15) is 5.82 Å². The molecule has 0 amide bonds. The molecule has 112 valence electrons.